The zero-order valence-electron chi connectivity index (χ0n) is 20.6. The second-order valence-corrected chi connectivity index (χ2v) is 9.15. The lowest BCUT2D eigenvalue weighted by molar-refractivity contribution is -0.139. The zero-order valence-corrected chi connectivity index (χ0v) is 21.4. The Morgan fingerprint density at radius 2 is 1.61 bits per heavy atom. The summed E-state index contributed by atoms with van der Waals surface area (Å²) in [5.74, 6) is 1.54. The molecule has 0 spiro atoms. The van der Waals surface area contributed by atoms with Crippen LogP contribution in [0.5, 0.6) is 11.5 Å². The monoisotopic (exact) mass is 503 g/mol. The van der Waals surface area contributed by atoms with Crippen LogP contribution in [0.3, 0.4) is 0 Å². The molecule has 0 radical (unpaired) electrons. The van der Waals surface area contributed by atoms with E-state index in [1.807, 2.05) is 53.4 Å². The predicted octanol–water partition coefficient (Wildman–Crippen LogP) is 4.51. The highest BCUT2D eigenvalue weighted by molar-refractivity contribution is 5.85. The van der Waals surface area contributed by atoms with Crippen molar-refractivity contribution < 1.29 is 14.3 Å². The summed E-state index contributed by atoms with van der Waals surface area (Å²) >= 11 is 0. The van der Waals surface area contributed by atoms with Crippen LogP contribution in [-0.2, 0) is 37.3 Å². The molecule has 0 saturated carbocycles. The van der Waals surface area contributed by atoms with Gasteiger partial charge in [-0.1, -0.05) is 42.5 Å². The first-order valence-electron chi connectivity index (χ1n) is 11.9. The molecule has 3 aromatic rings. The van der Waals surface area contributed by atoms with Crippen molar-refractivity contribution in [2.24, 2.45) is 0 Å². The van der Waals surface area contributed by atoms with E-state index in [1.54, 1.807) is 14.2 Å². The topological polar surface area (TPSA) is 65.8 Å². The van der Waals surface area contributed by atoms with Gasteiger partial charge in [0.05, 0.1) is 31.9 Å². The number of benzene rings is 3. The van der Waals surface area contributed by atoms with Crippen molar-refractivity contribution in [2.75, 3.05) is 20.8 Å². The summed E-state index contributed by atoms with van der Waals surface area (Å²) in [4.78, 5) is 18.2. The first-order chi connectivity index (χ1) is 17.1. The number of carbonyl (C=O) groups excluding carboxylic acids is 1. The minimum absolute atomic E-state index is 0. The van der Waals surface area contributed by atoms with Gasteiger partial charge in [-0.15, -0.1) is 12.4 Å². The first kappa shape index (κ1) is 25.6. The highest BCUT2D eigenvalue weighted by Crippen LogP contribution is 2.34. The van der Waals surface area contributed by atoms with Crippen LogP contribution in [0.25, 0.3) is 0 Å². The van der Waals surface area contributed by atoms with E-state index in [-0.39, 0.29) is 24.4 Å². The molecule has 0 fully saturated rings. The SMILES string of the molecule is COc1cc2c(cc1OC)CN(C(=O)[C@@H]1Cc3ccccc3CN1Cc1ccccc1C#N)CC2.Cl. The van der Waals surface area contributed by atoms with Crippen molar-refractivity contribution in [3.05, 3.63) is 94.0 Å². The van der Waals surface area contributed by atoms with Crippen LogP contribution >= 0.6 is 12.4 Å². The zero-order chi connectivity index (χ0) is 24.4. The molecule has 0 aromatic heterocycles. The molecule has 0 saturated heterocycles. The van der Waals surface area contributed by atoms with Gasteiger partial charge < -0.3 is 14.4 Å². The summed E-state index contributed by atoms with van der Waals surface area (Å²) in [6.07, 6.45) is 1.45. The number of hydrogen-bond donors (Lipinski definition) is 0. The van der Waals surface area contributed by atoms with Gasteiger partial charge in [-0.05, 0) is 58.9 Å². The van der Waals surface area contributed by atoms with E-state index in [0.29, 0.717) is 43.9 Å². The molecule has 186 valence electrons. The molecule has 6 nitrogen and oxygen atoms in total. The summed E-state index contributed by atoms with van der Waals surface area (Å²) < 4.78 is 11.0. The van der Waals surface area contributed by atoms with Crippen LogP contribution in [0.4, 0.5) is 0 Å². The molecule has 7 heteroatoms. The summed E-state index contributed by atoms with van der Waals surface area (Å²) in [7, 11) is 3.27. The number of methoxy groups -OCH3 is 2. The Morgan fingerprint density at radius 1 is 0.944 bits per heavy atom. The third-order valence-corrected chi connectivity index (χ3v) is 7.17. The Hall–Kier alpha value is -3.53. The molecule has 0 unspecified atom stereocenters. The molecule has 0 N–H and O–H groups in total. The minimum Gasteiger partial charge on any atom is -0.493 e. The maximum atomic E-state index is 14.0. The number of ether oxygens (including phenoxy) is 2. The molecule has 5 rings (SSSR count). The van der Waals surface area contributed by atoms with Crippen LogP contribution in [-0.4, -0.2) is 42.5 Å². The van der Waals surface area contributed by atoms with Gasteiger partial charge in [-0.3, -0.25) is 9.69 Å². The molecule has 1 amide bonds. The van der Waals surface area contributed by atoms with Gasteiger partial charge in [0.15, 0.2) is 11.5 Å². The van der Waals surface area contributed by atoms with Gasteiger partial charge in [0.25, 0.3) is 0 Å². The Labute approximate surface area is 218 Å². The van der Waals surface area contributed by atoms with Gasteiger partial charge in [-0.2, -0.15) is 5.26 Å². The summed E-state index contributed by atoms with van der Waals surface area (Å²) in [5, 5.41) is 9.59. The highest BCUT2D eigenvalue weighted by Gasteiger charge is 2.35. The maximum absolute atomic E-state index is 14.0. The number of carbonyl (C=O) groups is 1. The molecule has 0 aliphatic carbocycles. The standard InChI is InChI=1S/C29H29N3O3.ClH/c1-34-27-14-21-11-12-31(19-25(21)15-28(27)35-2)29(33)26-13-20-7-3-5-9-23(20)17-32(26)18-24-10-6-4-8-22(24)16-30;/h3-10,14-15,26H,11-13,17-19H2,1-2H3;1H/t26-;/m0./s1. The lowest BCUT2D eigenvalue weighted by atomic mass is 9.91. The van der Waals surface area contributed by atoms with Crippen molar-refractivity contribution in [3.63, 3.8) is 0 Å². The van der Waals surface area contributed by atoms with E-state index < -0.39 is 0 Å². The van der Waals surface area contributed by atoms with E-state index in [4.69, 9.17) is 9.47 Å². The van der Waals surface area contributed by atoms with Gasteiger partial charge in [0.1, 0.15) is 0 Å². The van der Waals surface area contributed by atoms with Gasteiger partial charge >= 0.3 is 0 Å². The summed E-state index contributed by atoms with van der Waals surface area (Å²) in [6.45, 7) is 2.46. The molecule has 1 atom stereocenters. The van der Waals surface area contributed by atoms with Crippen molar-refractivity contribution in [2.45, 2.75) is 38.5 Å². The normalized spacial score (nSPS) is 16.7. The largest absolute Gasteiger partial charge is 0.493 e. The second-order valence-electron chi connectivity index (χ2n) is 9.15. The fourth-order valence-corrected chi connectivity index (χ4v) is 5.25. The molecular formula is C29H30ClN3O3. The smallest absolute Gasteiger partial charge is 0.240 e. The number of nitriles is 1. The average molecular weight is 504 g/mol. The number of amides is 1. The molecule has 2 heterocycles. The minimum atomic E-state index is -0.279. The lowest BCUT2D eigenvalue weighted by Gasteiger charge is -2.40. The molecule has 2 aliphatic rings. The van der Waals surface area contributed by atoms with Crippen molar-refractivity contribution >= 4 is 18.3 Å². The van der Waals surface area contributed by atoms with Crippen LogP contribution in [0, 0.1) is 11.3 Å². The van der Waals surface area contributed by atoms with Gasteiger partial charge in [-0.25, -0.2) is 0 Å². The third kappa shape index (κ3) is 4.90. The predicted molar refractivity (Wildman–Crippen MR) is 140 cm³/mol. The number of hydrogen-bond acceptors (Lipinski definition) is 5. The first-order valence-corrected chi connectivity index (χ1v) is 11.9. The van der Waals surface area contributed by atoms with E-state index >= 15 is 0 Å². The fraction of sp³-hybridized carbons (Fsp3) is 0.310. The van der Waals surface area contributed by atoms with Crippen molar-refractivity contribution in [1.29, 1.82) is 5.26 Å². The quantitative estimate of drug-likeness (QED) is 0.512. The van der Waals surface area contributed by atoms with Crippen LogP contribution in [0.15, 0.2) is 60.7 Å². The molecule has 0 bridgehead atoms. The van der Waals surface area contributed by atoms with E-state index in [9.17, 15) is 10.1 Å². The highest BCUT2D eigenvalue weighted by atomic mass is 35.5. The fourth-order valence-electron chi connectivity index (χ4n) is 5.25. The third-order valence-electron chi connectivity index (χ3n) is 7.17. The van der Waals surface area contributed by atoms with Crippen LogP contribution in [0.2, 0.25) is 0 Å². The van der Waals surface area contributed by atoms with Gasteiger partial charge in [0.2, 0.25) is 5.91 Å². The summed E-state index contributed by atoms with van der Waals surface area (Å²) in [6, 6.07) is 22.0. The van der Waals surface area contributed by atoms with Crippen LogP contribution in [0.1, 0.15) is 33.4 Å². The van der Waals surface area contributed by atoms with E-state index in [1.165, 1.54) is 16.7 Å². The number of rotatable bonds is 5. The molecule has 3 aromatic carbocycles. The Kier molecular flexibility index (Phi) is 7.83. The van der Waals surface area contributed by atoms with Gasteiger partial charge in [0, 0.05) is 26.2 Å². The number of nitrogens with zero attached hydrogens (tertiary/aromatic N) is 3. The molecule has 2 aliphatic heterocycles. The molecule has 36 heavy (non-hydrogen) atoms. The van der Waals surface area contributed by atoms with Crippen molar-refractivity contribution in [1.82, 2.24) is 9.80 Å². The number of fused-ring (bicyclic) bond motifs is 2. The lowest BCUT2D eigenvalue weighted by Crippen LogP contribution is -2.52. The number of halogens is 1. The summed E-state index contributed by atoms with van der Waals surface area (Å²) in [5.41, 5.74) is 6.37. The van der Waals surface area contributed by atoms with E-state index in [2.05, 4.69) is 23.1 Å². The Bertz CT molecular complexity index is 1300. The second kappa shape index (κ2) is 11.0. The maximum Gasteiger partial charge on any atom is 0.240 e. The average Bonchev–Trinajstić information content (AvgIpc) is 2.91. The Balaban J connectivity index is 0.00000304. The molecular weight excluding hydrogens is 474 g/mol. The Morgan fingerprint density at radius 3 is 2.33 bits per heavy atom. The van der Waals surface area contributed by atoms with Crippen LogP contribution < -0.4 is 9.47 Å². The van der Waals surface area contributed by atoms with Crippen molar-refractivity contribution in [3.8, 4) is 17.6 Å². The van der Waals surface area contributed by atoms with E-state index in [0.717, 1.165) is 23.3 Å².